The van der Waals surface area contributed by atoms with Gasteiger partial charge in [0.1, 0.15) is 0 Å². The van der Waals surface area contributed by atoms with Crippen LogP contribution in [-0.2, 0) is 0 Å². The molecule has 36 heavy (non-hydrogen) atoms. The van der Waals surface area contributed by atoms with Crippen LogP contribution in [0.25, 0.3) is 32.4 Å². The lowest BCUT2D eigenvalue weighted by Crippen LogP contribution is -2.54. The van der Waals surface area contributed by atoms with Crippen LogP contribution in [0.4, 0.5) is 0 Å². The Morgan fingerprint density at radius 2 is 1.31 bits per heavy atom. The van der Waals surface area contributed by atoms with Gasteiger partial charge in [0.25, 0.3) is 0 Å². The molecule has 2 heteroatoms. The van der Waals surface area contributed by atoms with Crippen LogP contribution in [0.2, 0.25) is 0 Å². The molecule has 1 nitrogen and oxygen atoms in total. The van der Waals surface area contributed by atoms with Gasteiger partial charge in [-0.15, -0.1) is 0 Å². The van der Waals surface area contributed by atoms with E-state index in [-0.39, 0.29) is 6.71 Å². The van der Waals surface area contributed by atoms with E-state index >= 15 is 0 Å². The first-order valence-electron chi connectivity index (χ1n) is 12.8. The van der Waals surface area contributed by atoms with E-state index in [2.05, 4.69) is 120 Å². The summed E-state index contributed by atoms with van der Waals surface area (Å²) in [6, 6.07) is 31.5. The van der Waals surface area contributed by atoms with Crippen molar-refractivity contribution in [3.8, 4) is 0 Å². The minimum Gasteiger partial charge on any atom is -0.256 e. The predicted molar refractivity (Wildman–Crippen MR) is 158 cm³/mol. The van der Waals surface area contributed by atoms with Crippen molar-refractivity contribution >= 4 is 55.5 Å². The zero-order valence-corrected chi connectivity index (χ0v) is 21.7. The molecule has 0 unspecified atom stereocenters. The lowest BCUT2D eigenvalue weighted by Gasteiger charge is -2.23. The van der Waals surface area contributed by atoms with Crippen molar-refractivity contribution in [2.24, 2.45) is 0 Å². The van der Waals surface area contributed by atoms with E-state index in [1.54, 1.807) is 0 Å². The summed E-state index contributed by atoms with van der Waals surface area (Å²) < 4.78 is 0. The fourth-order valence-electron chi connectivity index (χ4n) is 6.18. The second-order valence-corrected chi connectivity index (χ2v) is 10.4. The standard InChI is InChI=1S/C34H30BN/c1-21-10-15-31(23(3)16-21)35(34-24(4)17-22(2)18-25(34)5)28-13-14-30-32(19-28)36-20-27-12-11-26-8-6-7-9-29(26)33(27)30/h6-20H,1-5H3. The van der Waals surface area contributed by atoms with Crippen molar-refractivity contribution in [1.29, 1.82) is 0 Å². The van der Waals surface area contributed by atoms with Crippen molar-refractivity contribution in [2.75, 3.05) is 0 Å². The molecular weight excluding hydrogens is 433 g/mol. The third kappa shape index (κ3) is 3.69. The van der Waals surface area contributed by atoms with Crippen molar-refractivity contribution in [3.05, 3.63) is 119 Å². The highest BCUT2D eigenvalue weighted by Crippen LogP contribution is 2.30. The van der Waals surface area contributed by atoms with Gasteiger partial charge < -0.3 is 0 Å². The molecule has 6 aromatic rings. The van der Waals surface area contributed by atoms with Crippen LogP contribution in [0, 0.1) is 34.6 Å². The first-order chi connectivity index (χ1) is 17.4. The van der Waals surface area contributed by atoms with Crippen LogP contribution in [0.1, 0.15) is 27.8 Å². The lowest BCUT2D eigenvalue weighted by atomic mass is 9.35. The predicted octanol–water partition coefficient (Wildman–Crippen LogP) is 6.60. The molecule has 0 aliphatic heterocycles. The van der Waals surface area contributed by atoms with E-state index in [1.165, 1.54) is 71.1 Å². The highest BCUT2D eigenvalue weighted by atomic mass is 14.6. The Morgan fingerprint density at radius 1 is 0.583 bits per heavy atom. The SMILES string of the molecule is Cc1ccc(B(c2ccc3c(c2)ncc2ccc4ccccc4c23)c2c(C)cc(C)cc2C)c(C)c1. The zero-order chi connectivity index (χ0) is 25.0. The molecule has 0 amide bonds. The molecule has 0 radical (unpaired) electrons. The largest absolute Gasteiger partial charge is 0.256 e. The highest BCUT2D eigenvalue weighted by molar-refractivity contribution is 6.96. The quantitative estimate of drug-likeness (QED) is 0.213. The van der Waals surface area contributed by atoms with Crippen LogP contribution >= 0.6 is 0 Å². The Balaban J connectivity index is 1.64. The number of hydrogen-bond donors (Lipinski definition) is 0. The molecule has 0 N–H and O–H groups in total. The molecule has 5 aromatic carbocycles. The summed E-state index contributed by atoms with van der Waals surface area (Å²) in [6.07, 6.45) is 2.03. The summed E-state index contributed by atoms with van der Waals surface area (Å²) in [6.45, 7) is 11.3. The number of benzene rings is 5. The van der Waals surface area contributed by atoms with E-state index in [4.69, 9.17) is 4.98 Å². The number of aromatic nitrogens is 1. The lowest BCUT2D eigenvalue weighted by molar-refractivity contribution is 1.35. The Kier molecular flexibility index (Phi) is 5.41. The monoisotopic (exact) mass is 463 g/mol. The average molecular weight is 463 g/mol. The van der Waals surface area contributed by atoms with E-state index in [9.17, 15) is 0 Å². The summed E-state index contributed by atoms with van der Waals surface area (Å²) >= 11 is 0. The van der Waals surface area contributed by atoms with E-state index in [0.29, 0.717) is 0 Å². The molecule has 0 fully saturated rings. The zero-order valence-electron chi connectivity index (χ0n) is 21.7. The first-order valence-corrected chi connectivity index (χ1v) is 12.8. The Bertz CT molecular complexity index is 1770. The van der Waals surface area contributed by atoms with Crippen LogP contribution in [0.15, 0.2) is 91.1 Å². The molecule has 6 rings (SSSR count). The van der Waals surface area contributed by atoms with E-state index in [0.717, 1.165) is 5.52 Å². The van der Waals surface area contributed by atoms with Gasteiger partial charge in [0.15, 0.2) is 0 Å². The van der Waals surface area contributed by atoms with Crippen molar-refractivity contribution in [2.45, 2.75) is 34.6 Å². The summed E-state index contributed by atoms with van der Waals surface area (Å²) in [4.78, 5) is 4.94. The topological polar surface area (TPSA) is 12.9 Å². The van der Waals surface area contributed by atoms with Gasteiger partial charge in [-0.25, -0.2) is 0 Å². The molecule has 0 atom stereocenters. The first kappa shape index (κ1) is 22.6. The van der Waals surface area contributed by atoms with Gasteiger partial charge in [0.2, 0.25) is 6.71 Å². The molecule has 174 valence electrons. The van der Waals surface area contributed by atoms with Crippen LogP contribution in [-0.4, -0.2) is 11.7 Å². The van der Waals surface area contributed by atoms with Gasteiger partial charge in [-0.3, -0.25) is 4.98 Å². The minimum absolute atomic E-state index is 0.153. The van der Waals surface area contributed by atoms with Crippen molar-refractivity contribution in [1.82, 2.24) is 4.98 Å². The van der Waals surface area contributed by atoms with Gasteiger partial charge in [-0.1, -0.05) is 123 Å². The summed E-state index contributed by atoms with van der Waals surface area (Å²) in [5.41, 5.74) is 11.7. The number of pyridine rings is 1. The van der Waals surface area contributed by atoms with Gasteiger partial charge in [-0.05, 0) is 51.5 Å². The molecule has 0 aliphatic carbocycles. The minimum atomic E-state index is 0.153. The molecule has 0 bridgehead atoms. The normalized spacial score (nSPS) is 11.5. The molecular formula is C34H30BN. The van der Waals surface area contributed by atoms with Gasteiger partial charge >= 0.3 is 0 Å². The summed E-state index contributed by atoms with van der Waals surface area (Å²) in [5, 5.41) is 6.23. The fraction of sp³-hybridized carbons (Fsp3) is 0.147. The number of fused-ring (bicyclic) bond motifs is 5. The van der Waals surface area contributed by atoms with Crippen molar-refractivity contribution in [3.63, 3.8) is 0 Å². The van der Waals surface area contributed by atoms with E-state index < -0.39 is 0 Å². The number of nitrogens with zero attached hydrogens (tertiary/aromatic N) is 1. The number of hydrogen-bond acceptors (Lipinski definition) is 1. The number of rotatable bonds is 3. The summed E-state index contributed by atoms with van der Waals surface area (Å²) in [7, 11) is 0. The second-order valence-electron chi connectivity index (χ2n) is 10.4. The molecule has 0 aliphatic rings. The van der Waals surface area contributed by atoms with Crippen LogP contribution < -0.4 is 16.4 Å². The summed E-state index contributed by atoms with van der Waals surface area (Å²) in [5.74, 6) is 0. The fourth-order valence-corrected chi connectivity index (χ4v) is 6.18. The van der Waals surface area contributed by atoms with Gasteiger partial charge in [0.05, 0.1) is 5.52 Å². The molecule has 0 saturated carbocycles. The smallest absolute Gasteiger partial charge is 0.242 e. The van der Waals surface area contributed by atoms with Crippen LogP contribution in [0.3, 0.4) is 0 Å². The molecule has 0 saturated heterocycles. The van der Waals surface area contributed by atoms with Gasteiger partial charge in [-0.2, -0.15) is 0 Å². The van der Waals surface area contributed by atoms with E-state index in [1.807, 2.05) is 6.20 Å². The number of aryl methyl sites for hydroxylation is 5. The Morgan fingerprint density at radius 3 is 2.08 bits per heavy atom. The maximum absolute atomic E-state index is 4.94. The second kappa shape index (κ2) is 8.64. The average Bonchev–Trinajstić information content (AvgIpc) is 2.86. The Hall–Kier alpha value is -3.91. The molecule has 1 aromatic heterocycles. The molecule has 1 heterocycles. The third-order valence-electron chi connectivity index (χ3n) is 7.69. The maximum Gasteiger partial charge on any atom is 0.242 e. The molecule has 0 spiro atoms. The maximum atomic E-state index is 4.94. The highest BCUT2D eigenvalue weighted by Gasteiger charge is 2.27. The Labute approximate surface area is 213 Å². The van der Waals surface area contributed by atoms with Crippen molar-refractivity contribution < 1.29 is 0 Å². The van der Waals surface area contributed by atoms with Crippen LogP contribution in [0.5, 0.6) is 0 Å². The third-order valence-corrected chi connectivity index (χ3v) is 7.69. The van der Waals surface area contributed by atoms with Gasteiger partial charge in [0, 0.05) is 22.4 Å².